The zero-order chi connectivity index (χ0) is 35.7. The summed E-state index contributed by atoms with van der Waals surface area (Å²) >= 11 is 0. The Hall–Kier alpha value is -2.07. The molecule has 0 aromatic rings. The van der Waals surface area contributed by atoms with Gasteiger partial charge >= 0.3 is 5.97 Å². The number of carbonyl (C=O) groups excluding carboxylic acids is 2. The summed E-state index contributed by atoms with van der Waals surface area (Å²) in [6.07, 6.45) is 0.0996. The topological polar surface area (TPSA) is 206 Å². The molecule has 0 aliphatic rings. The predicted octanol–water partition coefficient (Wildman–Crippen LogP) is -1.09. The number of carbonyl (C=O) groups is 3. The Balaban J connectivity index is 3.09. The monoisotopic (exact) mass is 716 g/mol. The second-order valence-electron chi connectivity index (χ2n) is 9.75. The highest BCUT2D eigenvalue weighted by molar-refractivity contribution is 5.81. The first-order valence-electron chi connectivity index (χ1n) is 16.7. The summed E-state index contributed by atoms with van der Waals surface area (Å²) in [7, 11) is 0. The van der Waals surface area contributed by atoms with Crippen molar-refractivity contribution in [2.75, 3.05) is 172 Å². The van der Waals surface area contributed by atoms with Crippen molar-refractivity contribution in [1.82, 2.24) is 10.6 Å². The molecule has 0 saturated heterocycles. The second kappa shape index (κ2) is 40.4. The molecule has 2 amide bonds. The van der Waals surface area contributed by atoms with Gasteiger partial charge in [-0.3, -0.25) is 14.4 Å². The Morgan fingerprint density at radius 2 is 0.633 bits per heavy atom. The molecule has 0 radical (unpaired) electrons. The van der Waals surface area contributed by atoms with E-state index in [-0.39, 0.29) is 24.8 Å². The number of hydrogen-bond donors (Lipinski definition) is 3. The number of hydrogen-bond acceptors (Lipinski definition) is 15. The largest absolute Gasteiger partial charge is 0.480 e. The molecular weight excluding hydrogens is 656 g/mol. The highest BCUT2D eigenvalue weighted by Gasteiger charge is 2.03. The summed E-state index contributed by atoms with van der Waals surface area (Å²) in [5.74, 6) is -1.53. The minimum Gasteiger partial charge on any atom is -0.480 e. The average Bonchev–Trinajstić information content (AvgIpc) is 3.08. The maximum Gasteiger partial charge on any atom is 0.322 e. The van der Waals surface area contributed by atoms with Crippen LogP contribution in [0.3, 0.4) is 0 Å². The lowest BCUT2D eigenvalue weighted by atomic mass is 10.4. The lowest BCUT2D eigenvalue weighted by Crippen LogP contribution is -2.30. The Morgan fingerprint density at radius 1 is 0.388 bits per heavy atom. The molecular formula is C31H60N2O16. The quantitative estimate of drug-likeness (QED) is 0.0643. The smallest absolute Gasteiger partial charge is 0.322 e. The van der Waals surface area contributed by atoms with Crippen molar-refractivity contribution in [2.24, 2.45) is 0 Å². The van der Waals surface area contributed by atoms with E-state index < -0.39 is 12.5 Å². The zero-order valence-corrected chi connectivity index (χ0v) is 29.2. The molecule has 0 rings (SSSR count). The van der Waals surface area contributed by atoms with E-state index >= 15 is 0 Å². The minimum atomic E-state index is -1.09. The first-order valence-corrected chi connectivity index (χ1v) is 16.7. The van der Waals surface area contributed by atoms with Crippen LogP contribution in [0.25, 0.3) is 0 Å². The molecule has 0 unspecified atom stereocenters. The van der Waals surface area contributed by atoms with Crippen molar-refractivity contribution in [3.05, 3.63) is 0 Å². The Labute approximate surface area is 289 Å². The predicted molar refractivity (Wildman–Crippen MR) is 174 cm³/mol. The third-order valence-corrected chi connectivity index (χ3v) is 5.62. The molecule has 3 N–H and O–H groups in total. The molecule has 18 nitrogen and oxygen atoms in total. The zero-order valence-electron chi connectivity index (χ0n) is 29.2. The average molecular weight is 717 g/mol. The van der Waals surface area contributed by atoms with Gasteiger partial charge in [-0.1, -0.05) is 0 Å². The fourth-order valence-electron chi connectivity index (χ4n) is 3.25. The van der Waals surface area contributed by atoms with Crippen molar-refractivity contribution >= 4 is 17.8 Å². The fourth-order valence-corrected chi connectivity index (χ4v) is 3.25. The lowest BCUT2D eigenvalue weighted by Gasteiger charge is -2.09. The molecule has 0 bridgehead atoms. The van der Waals surface area contributed by atoms with Gasteiger partial charge < -0.3 is 72.6 Å². The highest BCUT2D eigenvalue weighted by atomic mass is 16.6. The summed E-state index contributed by atoms with van der Waals surface area (Å²) < 4.78 is 64.9. The van der Waals surface area contributed by atoms with Gasteiger partial charge in [-0.05, 0) is 0 Å². The van der Waals surface area contributed by atoms with Crippen LogP contribution in [0.15, 0.2) is 0 Å². The standard InChI is InChI=1S/C31H60N2O16/c1-29(34)32-3-5-39-7-9-41-11-13-43-15-17-45-19-21-47-23-25-49-27-26-48-24-22-46-20-18-44-16-14-42-12-10-40-8-6-38-4-2-30(35)33-28-31(36)37/h2-28H2,1H3,(H,32,34)(H,33,35)(H,36,37). The van der Waals surface area contributed by atoms with Crippen molar-refractivity contribution in [2.45, 2.75) is 13.3 Å². The van der Waals surface area contributed by atoms with Gasteiger partial charge in [0, 0.05) is 19.9 Å². The van der Waals surface area contributed by atoms with Crippen molar-refractivity contribution in [3.8, 4) is 0 Å². The maximum atomic E-state index is 11.3. The second-order valence-corrected chi connectivity index (χ2v) is 9.75. The Bertz CT molecular complexity index is 738. The van der Waals surface area contributed by atoms with Gasteiger partial charge in [0.25, 0.3) is 0 Å². The van der Waals surface area contributed by atoms with Gasteiger partial charge in [-0.25, -0.2) is 0 Å². The molecule has 0 aliphatic carbocycles. The molecule has 0 heterocycles. The van der Waals surface area contributed by atoms with Gasteiger partial charge in [0.15, 0.2) is 0 Å². The van der Waals surface area contributed by atoms with Crippen molar-refractivity contribution in [1.29, 1.82) is 0 Å². The fraction of sp³-hybridized carbons (Fsp3) is 0.903. The van der Waals surface area contributed by atoms with Crippen LogP contribution in [0.4, 0.5) is 0 Å². The van der Waals surface area contributed by atoms with Crippen LogP contribution in [0.2, 0.25) is 0 Å². The van der Waals surface area contributed by atoms with E-state index in [9.17, 15) is 14.4 Å². The number of ether oxygens (including phenoxy) is 12. The summed E-state index contributed by atoms with van der Waals surface area (Å²) in [5, 5.41) is 13.4. The minimum absolute atomic E-state index is 0.0688. The van der Waals surface area contributed by atoms with Crippen LogP contribution in [0.1, 0.15) is 13.3 Å². The number of rotatable bonds is 41. The first-order chi connectivity index (χ1) is 24.0. The normalized spacial score (nSPS) is 11.2. The van der Waals surface area contributed by atoms with E-state index in [1.807, 2.05) is 0 Å². The summed E-state index contributed by atoms with van der Waals surface area (Å²) in [6.45, 7) is 12.3. The molecule has 0 saturated carbocycles. The molecule has 0 aromatic carbocycles. The SMILES string of the molecule is CC(=O)NCCOCCOCCOCCOCCOCCOCCOCCOCCOCCOCCOCCOCCC(=O)NCC(=O)O. The van der Waals surface area contributed by atoms with Gasteiger partial charge in [0.1, 0.15) is 6.54 Å². The van der Waals surface area contributed by atoms with Crippen LogP contribution in [0.5, 0.6) is 0 Å². The van der Waals surface area contributed by atoms with E-state index in [4.69, 9.17) is 61.9 Å². The van der Waals surface area contributed by atoms with E-state index in [0.717, 1.165) is 0 Å². The van der Waals surface area contributed by atoms with Gasteiger partial charge in [0.2, 0.25) is 11.8 Å². The molecule has 290 valence electrons. The molecule has 0 aromatic heterocycles. The van der Waals surface area contributed by atoms with Crippen LogP contribution in [0, 0.1) is 0 Å². The molecule has 0 atom stereocenters. The van der Waals surface area contributed by atoms with Crippen LogP contribution in [-0.4, -0.2) is 195 Å². The number of carboxylic acid groups (broad SMARTS) is 1. The Kier molecular flexibility index (Phi) is 38.7. The molecule has 18 heteroatoms. The highest BCUT2D eigenvalue weighted by Crippen LogP contribution is 1.88. The number of aliphatic carboxylic acids is 1. The molecule has 0 spiro atoms. The molecule has 0 fully saturated rings. The number of carboxylic acids is 1. The first kappa shape index (κ1) is 46.9. The van der Waals surface area contributed by atoms with Crippen LogP contribution < -0.4 is 10.6 Å². The number of amides is 2. The summed E-state index contributed by atoms with van der Waals surface area (Å²) in [4.78, 5) is 32.3. The van der Waals surface area contributed by atoms with Crippen molar-refractivity contribution in [3.63, 3.8) is 0 Å². The molecule has 0 aliphatic heterocycles. The van der Waals surface area contributed by atoms with Gasteiger partial charge in [-0.15, -0.1) is 0 Å². The van der Waals surface area contributed by atoms with E-state index in [0.29, 0.717) is 159 Å². The summed E-state index contributed by atoms with van der Waals surface area (Å²) in [6, 6.07) is 0. The van der Waals surface area contributed by atoms with Gasteiger partial charge in [0.05, 0.1) is 159 Å². The summed E-state index contributed by atoms with van der Waals surface area (Å²) in [5.41, 5.74) is 0. The van der Waals surface area contributed by atoms with Crippen molar-refractivity contribution < 1.29 is 76.3 Å². The third kappa shape index (κ3) is 43.9. The van der Waals surface area contributed by atoms with Gasteiger partial charge in [-0.2, -0.15) is 0 Å². The number of nitrogens with one attached hydrogen (secondary N) is 2. The van der Waals surface area contributed by atoms with E-state index in [1.165, 1.54) is 6.92 Å². The lowest BCUT2D eigenvalue weighted by molar-refractivity contribution is -0.138. The van der Waals surface area contributed by atoms with E-state index in [1.54, 1.807) is 0 Å². The maximum absolute atomic E-state index is 11.3. The van der Waals surface area contributed by atoms with Crippen LogP contribution in [-0.2, 0) is 71.2 Å². The van der Waals surface area contributed by atoms with Crippen LogP contribution >= 0.6 is 0 Å². The Morgan fingerprint density at radius 3 is 0.878 bits per heavy atom. The van der Waals surface area contributed by atoms with E-state index in [2.05, 4.69) is 10.6 Å². The molecule has 49 heavy (non-hydrogen) atoms. The third-order valence-electron chi connectivity index (χ3n) is 5.62.